The van der Waals surface area contributed by atoms with Crippen molar-refractivity contribution in [3.05, 3.63) is 33.8 Å². The second kappa shape index (κ2) is 8.08. The van der Waals surface area contributed by atoms with Gasteiger partial charge in [0.2, 0.25) is 0 Å². The zero-order valence-corrected chi connectivity index (χ0v) is 14.1. The van der Waals surface area contributed by atoms with Gasteiger partial charge in [0.25, 0.3) is 0 Å². The van der Waals surface area contributed by atoms with E-state index >= 15 is 0 Å². The van der Waals surface area contributed by atoms with E-state index in [0.29, 0.717) is 10.9 Å². The van der Waals surface area contributed by atoms with E-state index in [-0.39, 0.29) is 11.0 Å². The number of rotatable bonds is 8. The van der Waals surface area contributed by atoms with Crippen LogP contribution in [0.1, 0.15) is 45.6 Å². The Morgan fingerprint density at radius 1 is 1.15 bits per heavy atom. The van der Waals surface area contributed by atoms with Crippen LogP contribution in [0.15, 0.2) is 16.6 Å². The highest BCUT2D eigenvalue weighted by atomic mass is 79.9. The molecule has 114 valence electrons. The van der Waals surface area contributed by atoms with Crippen molar-refractivity contribution in [3.63, 3.8) is 0 Å². The summed E-state index contributed by atoms with van der Waals surface area (Å²) in [5.41, 5.74) is 0.0962. The molecule has 20 heavy (non-hydrogen) atoms. The van der Waals surface area contributed by atoms with Gasteiger partial charge in [0.05, 0.1) is 4.47 Å². The van der Waals surface area contributed by atoms with Crippen LogP contribution >= 0.6 is 15.9 Å². The lowest BCUT2D eigenvalue weighted by Gasteiger charge is -2.32. The first-order chi connectivity index (χ1) is 9.49. The molecule has 0 fully saturated rings. The number of benzene rings is 1. The van der Waals surface area contributed by atoms with Crippen LogP contribution in [0.4, 0.5) is 8.78 Å². The van der Waals surface area contributed by atoms with Gasteiger partial charge < -0.3 is 5.32 Å². The maximum absolute atomic E-state index is 14.1. The fraction of sp³-hybridized carbons (Fsp3) is 0.625. The fourth-order valence-corrected chi connectivity index (χ4v) is 2.82. The minimum Gasteiger partial charge on any atom is -0.316 e. The molecule has 0 saturated heterocycles. The standard InChI is InChI=1S/C16H24BrF2N/c1-4-9-20-11-16(5-2,6-3)10-12-14(18)8-7-13(17)15(12)19/h7-8,20H,4-6,9-11H2,1-3H3. The van der Waals surface area contributed by atoms with Gasteiger partial charge in [0, 0.05) is 12.1 Å². The molecule has 0 spiro atoms. The molecule has 0 radical (unpaired) electrons. The predicted molar refractivity (Wildman–Crippen MR) is 83.9 cm³/mol. The van der Waals surface area contributed by atoms with Crippen LogP contribution < -0.4 is 5.32 Å². The zero-order valence-electron chi connectivity index (χ0n) is 12.5. The van der Waals surface area contributed by atoms with Crippen molar-refractivity contribution < 1.29 is 8.78 Å². The van der Waals surface area contributed by atoms with Crippen LogP contribution in [0.3, 0.4) is 0 Å². The van der Waals surface area contributed by atoms with Crippen molar-refractivity contribution >= 4 is 15.9 Å². The van der Waals surface area contributed by atoms with E-state index in [2.05, 4.69) is 42.0 Å². The molecular formula is C16H24BrF2N. The summed E-state index contributed by atoms with van der Waals surface area (Å²) in [6.07, 6.45) is 3.27. The maximum atomic E-state index is 14.1. The molecule has 1 aromatic carbocycles. The minimum atomic E-state index is -0.466. The lowest BCUT2D eigenvalue weighted by Crippen LogP contribution is -2.36. The van der Waals surface area contributed by atoms with E-state index in [1.807, 2.05) is 0 Å². The molecule has 0 atom stereocenters. The van der Waals surface area contributed by atoms with Gasteiger partial charge in [-0.25, -0.2) is 8.78 Å². The Morgan fingerprint density at radius 2 is 1.80 bits per heavy atom. The molecule has 1 N–H and O–H groups in total. The summed E-state index contributed by atoms with van der Waals surface area (Å²) in [4.78, 5) is 0. The normalized spacial score (nSPS) is 11.9. The summed E-state index contributed by atoms with van der Waals surface area (Å²) < 4.78 is 28.4. The highest BCUT2D eigenvalue weighted by Crippen LogP contribution is 2.34. The highest BCUT2D eigenvalue weighted by Gasteiger charge is 2.29. The summed E-state index contributed by atoms with van der Waals surface area (Å²) in [5, 5.41) is 3.40. The first kappa shape index (κ1) is 17.6. The van der Waals surface area contributed by atoms with Gasteiger partial charge in [-0.2, -0.15) is 0 Å². The van der Waals surface area contributed by atoms with Gasteiger partial charge in [-0.15, -0.1) is 0 Å². The molecule has 0 aliphatic heterocycles. The first-order valence-corrected chi connectivity index (χ1v) is 8.12. The quantitative estimate of drug-likeness (QED) is 0.511. The van der Waals surface area contributed by atoms with Crippen LogP contribution in [0, 0.1) is 17.0 Å². The molecule has 0 bridgehead atoms. The van der Waals surface area contributed by atoms with Crippen molar-refractivity contribution in [1.82, 2.24) is 5.32 Å². The molecule has 0 aliphatic carbocycles. The molecule has 0 saturated carbocycles. The molecule has 0 aliphatic rings. The Morgan fingerprint density at radius 3 is 2.35 bits per heavy atom. The Hall–Kier alpha value is -0.480. The summed E-state index contributed by atoms with van der Waals surface area (Å²) in [7, 11) is 0. The Kier molecular flexibility index (Phi) is 7.10. The van der Waals surface area contributed by atoms with E-state index in [9.17, 15) is 8.78 Å². The molecular weight excluding hydrogens is 324 g/mol. The average molecular weight is 348 g/mol. The monoisotopic (exact) mass is 347 g/mol. The van der Waals surface area contributed by atoms with Crippen molar-refractivity contribution in [2.75, 3.05) is 13.1 Å². The minimum absolute atomic E-state index is 0.0996. The number of hydrogen-bond acceptors (Lipinski definition) is 1. The Bertz CT molecular complexity index is 431. The first-order valence-electron chi connectivity index (χ1n) is 7.32. The molecule has 0 amide bonds. The van der Waals surface area contributed by atoms with Crippen molar-refractivity contribution in [1.29, 1.82) is 0 Å². The van der Waals surface area contributed by atoms with E-state index < -0.39 is 11.6 Å². The van der Waals surface area contributed by atoms with Crippen LogP contribution in [0.5, 0.6) is 0 Å². The molecule has 0 aromatic heterocycles. The molecule has 0 unspecified atom stereocenters. The van der Waals surface area contributed by atoms with Gasteiger partial charge in [-0.1, -0.05) is 20.8 Å². The van der Waals surface area contributed by atoms with E-state index in [1.165, 1.54) is 12.1 Å². The maximum Gasteiger partial charge on any atom is 0.143 e. The molecule has 1 rings (SSSR count). The molecule has 0 heterocycles. The summed E-state index contributed by atoms with van der Waals surface area (Å²) in [6.45, 7) is 8.01. The second-order valence-corrected chi connectivity index (χ2v) is 6.24. The topological polar surface area (TPSA) is 12.0 Å². The number of nitrogens with one attached hydrogen (secondary N) is 1. The summed E-state index contributed by atoms with van der Waals surface area (Å²) in [5.74, 6) is -0.917. The predicted octanol–water partition coefficient (Wildman–Crippen LogP) is 5.08. The SMILES string of the molecule is CCCNCC(CC)(CC)Cc1c(F)ccc(Br)c1F. The third kappa shape index (κ3) is 4.26. The van der Waals surface area contributed by atoms with Crippen LogP contribution in [-0.2, 0) is 6.42 Å². The van der Waals surface area contributed by atoms with E-state index in [0.717, 1.165) is 32.4 Å². The van der Waals surface area contributed by atoms with Crippen molar-refractivity contribution in [3.8, 4) is 0 Å². The Labute approximate surface area is 129 Å². The average Bonchev–Trinajstić information content (AvgIpc) is 2.46. The van der Waals surface area contributed by atoms with Gasteiger partial charge in [0.15, 0.2) is 0 Å². The van der Waals surface area contributed by atoms with Crippen LogP contribution in [0.2, 0.25) is 0 Å². The molecule has 4 heteroatoms. The van der Waals surface area contributed by atoms with Gasteiger partial charge in [-0.05, 0) is 65.7 Å². The lowest BCUT2D eigenvalue weighted by molar-refractivity contribution is 0.241. The van der Waals surface area contributed by atoms with Crippen molar-refractivity contribution in [2.45, 2.75) is 46.5 Å². The van der Waals surface area contributed by atoms with Crippen LogP contribution in [0.25, 0.3) is 0 Å². The van der Waals surface area contributed by atoms with E-state index in [4.69, 9.17) is 0 Å². The third-order valence-corrected chi connectivity index (χ3v) is 4.73. The molecule has 1 nitrogen and oxygen atoms in total. The fourth-order valence-electron chi connectivity index (χ4n) is 2.45. The Balaban J connectivity index is 2.98. The van der Waals surface area contributed by atoms with Crippen LogP contribution in [-0.4, -0.2) is 13.1 Å². The van der Waals surface area contributed by atoms with Gasteiger partial charge in [0.1, 0.15) is 11.6 Å². The molecule has 1 aromatic rings. The third-order valence-electron chi connectivity index (χ3n) is 4.12. The lowest BCUT2D eigenvalue weighted by atomic mass is 9.76. The van der Waals surface area contributed by atoms with E-state index in [1.54, 1.807) is 0 Å². The zero-order chi connectivity index (χ0) is 15.2. The van der Waals surface area contributed by atoms with Gasteiger partial charge in [-0.3, -0.25) is 0 Å². The second-order valence-electron chi connectivity index (χ2n) is 5.38. The summed E-state index contributed by atoms with van der Waals surface area (Å²) in [6, 6.07) is 2.75. The van der Waals surface area contributed by atoms with Crippen molar-refractivity contribution in [2.24, 2.45) is 5.41 Å². The van der Waals surface area contributed by atoms with Gasteiger partial charge >= 0.3 is 0 Å². The number of halogens is 3. The smallest absolute Gasteiger partial charge is 0.143 e. The number of hydrogen-bond donors (Lipinski definition) is 1. The highest BCUT2D eigenvalue weighted by molar-refractivity contribution is 9.10. The largest absolute Gasteiger partial charge is 0.316 e. The summed E-state index contributed by atoms with van der Waals surface area (Å²) >= 11 is 3.14.